The van der Waals surface area contributed by atoms with Gasteiger partial charge in [0.25, 0.3) is 0 Å². The molecule has 0 atom stereocenters. The van der Waals surface area contributed by atoms with E-state index in [1.165, 1.54) is 22.3 Å². The zero-order valence-electron chi connectivity index (χ0n) is 10.2. The van der Waals surface area contributed by atoms with Crippen LogP contribution in [0.2, 0.25) is 0 Å². The fourth-order valence-corrected chi connectivity index (χ4v) is 2.36. The van der Waals surface area contributed by atoms with Crippen molar-refractivity contribution >= 4 is 23.2 Å². The largest absolute Gasteiger partial charge is 0.122 e. The summed E-state index contributed by atoms with van der Waals surface area (Å²) < 4.78 is 0. The van der Waals surface area contributed by atoms with E-state index < -0.39 is 0 Å². The summed E-state index contributed by atoms with van der Waals surface area (Å²) in [6.07, 6.45) is 2.08. The van der Waals surface area contributed by atoms with E-state index in [0.29, 0.717) is 11.8 Å². The topological polar surface area (TPSA) is 0 Å². The molecule has 0 saturated carbocycles. The van der Waals surface area contributed by atoms with Crippen LogP contribution in [-0.4, -0.2) is 0 Å². The summed E-state index contributed by atoms with van der Waals surface area (Å²) in [6.45, 7) is 0. The average Bonchev–Trinajstić information content (AvgIpc) is 2.45. The van der Waals surface area contributed by atoms with Crippen LogP contribution in [0, 0.1) is 0 Å². The molecule has 0 aliphatic rings. The van der Waals surface area contributed by atoms with Crippen molar-refractivity contribution in [2.75, 3.05) is 0 Å². The first-order chi connectivity index (χ1) is 8.81. The predicted octanol–water partition coefficient (Wildman–Crippen LogP) is 4.95. The molecule has 0 spiro atoms. The standard InChI is InChI=1S/C16H16Cl2/c17-11-15-5-1-3-13(9-15)7-8-14-4-2-6-16(10-14)12-18/h1-6,9-10H,7-8,11-12H2. The summed E-state index contributed by atoms with van der Waals surface area (Å²) in [5, 5.41) is 0. The van der Waals surface area contributed by atoms with Crippen LogP contribution in [0.1, 0.15) is 22.3 Å². The Morgan fingerprint density at radius 1 is 0.611 bits per heavy atom. The van der Waals surface area contributed by atoms with Crippen LogP contribution < -0.4 is 0 Å². The minimum absolute atomic E-state index is 0.579. The Labute approximate surface area is 119 Å². The molecule has 0 unspecified atom stereocenters. The van der Waals surface area contributed by atoms with Gasteiger partial charge in [0.2, 0.25) is 0 Å². The molecule has 0 N–H and O–H groups in total. The fraction of sp³-hybridized carbons (Fsp3) is 0.250. The molecule has 0 heterocycles. The zero-order valence-corrected chi connectivity index (χ0v) is 11.7. The molecule has 0 amide bonds. The number of rotatable bonds is 5. The lowest BCUT2D eigenvalue weighted by Gasteiger charge is -2.05. The van der Waals surface area contributed by atoms with Gasteiger partial charge >= 0.3 is 0 Å². The second kappa shape index (κ2) is 6.82. The van der Waals surface area contributed by atoms with Crippen LogP contribution in [-0.2, 0) is 24.6 Å². The Bertz CT molecular complexity index is 458. The van der Waals surface area contributed by atoms with Crippen LogP contribution >= 0.6 is 23.2 Å². The molecule has 0 nitrogen and oxygen atoms in total. The highest BCUT2D eigenvalue weighted by molar-refractivity contribution is 6.17. The van der Waals surface area contributed by atoms with Crippen LogP contribution in [0.15, 0.2) is 48.5 Å². The number of aryl methyl sites for hydroxylation is 2. The molecule has 2 heteroatoms. The minimum atomic E-state index is 0.579. The van der Waals surface area contributed by atoms with Gasteiger partial charge in [-0.2, -0.15) is 0 Å². The molecule has 0 saturated heterocycles. The quantitative estimate of drug-likeness (QED) is 0.679. The van der Waals surface area contributed by atoms with Gasteiger partial charge in [0, 0.05) is 11.8 Å². The third-order valence-electron chi connectivity index (χ3n) is 2.99. The highest BCUT2D eigenvalue weighted by Gasteiger charge is 1.99. The molecule has 2 aromatic carbocycles. The van der Waals surface area contributed by atoms with Gasteiger partial charge in [-0.3, -0.25) is 0 Å². The second-order valence-corrected chi connectivity index (χ2v) is 4.94. The summed E-state index contributed by atoms with van der Waals surface area (Å²) in [5.74, 6) is 1.16. The molecular formula is C16H16Cl2. The van der Waals surface area contributed by atoms with Gasteiger partial charge in [0.05, 0.1) is 0 Å². The lowest BCUT2D eigenvalue weighted by molar-refractivity contribution is 0.955. The third-order valence-corrected chi connectivity index (χ3v) is 3.61. The van der Waals surface area contributed by atoms with Crippen molar-refractivity contribution < 1.29 is 0 Å². The van der Waals surface area contributed by atoms with E-state index in [-0.39, 0.29) is 0 Å². The highest BCUT2D eigenvalue weighted by atomic mass is 35.5. The summed E-state index contributed by atoms with van der Waals surface area (Å²) in [6, 6.07) is 16.9. The smallest absolute Gasteiger partial charge is 0.0474 e. The fourth-order valence-electron chi connectivity index (χ4n) is 2.03. The Hall–Kier alpha value is -0.980. The summed E-state index contributed by atoms with van der Waals surface area (Å²) in [4.78, 5) is 0. The Morgan fingerprint density at radius 2 is 1.00 bits per heavy atom. The van der Waals surface area contributed by atoms with Crippen molar-refractivity contribution in [3.63, 3.8) is 0 Å². The second-order valence-electron chi connectivity index (χ2n) is 4.41. The number of hydrogen-bond donors (Lipinski definition) is 0. The van der Waals surface area contributed by atoms with Gasteiger partial charge in [-0.15, -0.1) is 23.2 Å². The Morgan fingerprint density at radius 3 is 1.39 bits per heavy atom. The summed E-state index contributed by atoms with van der Waals surface area (Å²) >= 11 is 11.7. The van der Waals surface area contributed by atoms with Gasteiger partial charge in [-0.1, -0.05) is 48.5 Å². The van der Waals surface area contributed by atoms with E-state index in [9.17, 15) is 0 Å². The maximum Gasteiger partial charge on any atom is 0.0474 e. The monoisotopic (exact) mass is 278 g/mol. The van der Waals surface area contributed by atoms with Crippen molar-refractivity contribution in [1.29, 1.82) is 0 Å². The van der Waals surface area contributed by atoms with Gasteiger partial charge in [-0.25, -0.2) is 0 Å². The van der Waals surface area contributed by atoms with Crippen LogP contribution in [0.25, 0.3) is 0 Å². The van der Waals surface area contributed by atoms with Gasteiger partial charge < -0.3 is 0 Å². The average molecular weight is 279 g/mol. The van der Waals surface area contributed by atoms with E-state index in [1.54, 1.807) is 0 Å². The van der Waals surface area contributed by atoms with Gasteiger partial charge in [-0.05, 0) is 35.1 Å². The maximum atomic E-state index is 5.84. The Balaban J connectivity index is 2.01. The highest BCUT2D eigenvalue weighted by Crippen LogP contribution is 2.13. The van der Waals surface area contributed by atoms with Crippen molar-refractivity contribution in [2.45, 2.75) is 24.6 Å². The minimum Gasteiger partial charge on any atom is -0.122 e. The van der Waals surface area contributed by atoms with Crippen molar-refractivity contribution in [3.8, 4) is 0 Å². The zero-order chi connectivity index (χ0) is 12.8. The van der Waals surface area contributed by atoms with Crippen molar-refractivity contribution in [1.82, 2.24) is 0 Å². The number of alkyl halides is 2. The lowest BCUT2D eigenvalue weighted by atomic mass is 10.0. The Kier molecular flexibility index (Phi) is 5.10. The number of hydrogen-bond acceptors (Lipinski definition) is 0. The molecule has 2 aromatic rings. The normalized spacial score (nSPS) is 10.6. The number of benzene rings is 2. The SMILES string of the molecule is ClCc1cccc(CCc2cccc(CCl)c2)c1. The lowest BCUT2D eigenvalue weighted by Crippen LogP contribution is -1.93. The molecule has 18 heavy (non-hydrogen) atoms. The molecule has 0 aliphatic heterocycles. The van der Waals surface area contributed by atoms with Crippen LogP contribution in [0.4, 0.5) is 0 Å². The van der Waals surface area contributed by atoms with E-state index in [0.717, 1.165) is 12.8 Å². The first-order valence-corrected chi connectivity index (χ1v) is 7.16. The van der Waals surface area contributed by atoms with E-state index in [1.807, 2.05) is 0 Å². The third kappa shape index (κ3) is 3.76. The molecule has 94 valence electrons. The molecule has 0 radical (unpaired) electrons. The predicted molar refractivity (Wildman–Crippen MR) is 79.4 cm³/mol. The van der Waals surface area contributed by atoms with Crippen LogP contribution in [0.5, 0.6) is 0 Å². The molecule has 0 aliphatic carbocycles. The van der Waals surface area contributed by atoms with Crippen molar-refractivity contribution in [2.24, 2.45) is 0 Å². The molecule has 0 aromatic heterocycles. The molecule has 0 bridgehead atoms. The van der Waals surface area contributed by atoms with Gasteiger partial charge in [0.1, 0.15) is 0 Å². The number of halogens is 2. The molecule has 0 fully saturated rings. The first kappa shape index (κ1) is 13.5. The van der Waals surface area contributed by atoms with Crippen molar-refractivity contribution in [3.05, 3.63) is 70.8 Å². The summed E-state index contributed by atoms with van der Waals surface area (Å²) in [5.41, 5.74) is 5.04. The first-order valence-electron chi connectivity index (χ1n) is 6.09. The van der Waals surface area contributed by atoms with E-state index in [4.69, 9.17) is 23.2 Å². The molecular weight excluding hydrogens is 263 g/mol. The molecule has 2 rings (SSSR count). The van der Waals surface area contributed by atoms with E-state index >= 15 is 0 Å². The van der Waals surface area contributed by atoms with E-state index in [2.05, 4.69) is 48.5 Å². The maximum absolute atomic E-state index is 5.84. The van der Waals surface area contributed by atoms with Gasteiger partial charge in [0.15, 0.2) is 0 Å². The summed E-state index contributed by atoms with van der Waals surface area (Å²) in [7, 11) is 0. The van der Waals surface area contributed by atoms with Crippen LogP contribution in [0.3, 0.4) is 0 Å².